The molecule has 53 heavy (non-hydrogen) atoms. The van der Waals surface area contributed by atoms with Gasteiger partial charge in [0.05, 0.1) is 37.6 Å². The Morgan fingerprint density at radius 2 is 0.868 bits per heavy atom. The third-order valence-electron chi connectivity index (χ3n) is 10.2. The zero-order chi connectivity index (χ0) is 35.5. The lowest BCUT2D eigenvalue weighted by molar-refractivity contribution is 0.596. The summed E-state index contributed by atoms with van der Waals surface area (Å²) in [5, 5.41) is 4.74. The molecule has 0 bridgehead atoms. The highest BCUT2D eigenvalue weighted by molar-refractivity contribution is 7.91. The number of aromatic nitrogens is 3. The van der Waals surface area contributed by atoms with Crippen molar-refractivity contribution in [3.05, 3.63) is 188 Å². The van der Waals surface area contributed by atoms with E-state index in [1.165, 1.54) is 21.8 Å². The first-order valence-corrected chi connectivity index (χ1v) is 19.0. The van der Waals surface area contributed by atoms with Crippen LogP contribution in [-0.2, 0) is 9.84 Å². The Morgan fingerprint density at radius 1 is 0.377 bits per heavy atom. The van der Waals surface area contributed by atoms with Crippen LogP contribution in [0.5, 0.6) is 0 Å². The number of para-hydroxylation sites is 3. The fourth-order valence-electron chi connectivity index (χ4n) is 7.66. The van der Waals surface area contributed by atoms with Crippen LogP contribution in [0.2, 0.25) is 0 Å². The van der Waals surface area contributed by atoms with Crippen molar-refractivity contribution in [2.24, 2.45) is 0 Å². The number of hydrogen-bond donors (Lipinski definition) is 0. The van der Waals surface area contributed by atoms with Crippen molar-refractivity contribution in [2.75, 3.05) is 0 Å². The Labute approximate surface area is 306 Å². The van der Waals surface area contributed by atoms with Gasteiger partial charge in [-0.1, -0.05) is 103 Å². The first-order chi connectivity index (χ1) is 26.0. The zero-order valence-electron chi connectivity index (χ0n) is 28.5. The van der Waals surface area contributed by atoms with E-state index in [0.717, 1.165) is 55.7 Å². The lowest BCUT2D eigenvalue weighted by Crippen LogP contribution is -2.02. The summed E-state index contributed by atoms with van der Waals surface area (Å²) in [7, 11) is -3.61. The van der Waals surface area contributed by atoms with Crippen molar-refractivity contribution in [3.63, 3.8) is 0 Å². The minimum Gasteiger partial charge on any atom is -0.309 e. The zero-order valence-corrected chi connectivity index (χ0v) is 29.3. The molecule has 0 amide bonds. The summed E-state index contributed by atoms with van der Waals surface area (Å²) in [6.45, 7) is 0. The van der Waals surface area contributed by atoms with Gasteiger partial charge in [0.2, 0.25) is 9.84 Å². The maximum Gasteiger partial charge on any atom is 0.206 e. The van der Waals surface area contributed by atoms with E-state index in [9.17, 15) is 8.42 Å². The second-order valence-corrected chi connectivity index (χ2v) is 15.2. The molecule has 0 spiro atoms. The largest absolute Gasteiger partial charge is 0.309 e. The highest BCUT2D eigenvalue weighted by atomic mass is 32.2. The van der Waals surface area contributed by atoms with Crippen LogP contribution < -0.4 is 0 Å². The van der Waals surface area contributed by atoms with Crippen LogP contribution in [0.1, 0.15) is 0 Å². The van der Waals surface area contributed by atoms with Gasteiger partial charge in [-0.25, -0.2) is 13.4 Å². The summed E-state index contributed by atoms with van der Waals surface area (Å²) in [4.78, 5) is 5.65. The number of pyridine rings is 1. The van der Waals surface area contributed by atoms with Crippen LogP contribution in [0.3, 0.4) is 0 Å². The molecular weight excluding hydrogens is 671 g/mol. The Bertz CT molecular complexity index is 3110. The molecule has 0 saturated carbocycles. The van der Waals surface area contributed by atoms with E-state index in [0.29, 0.717) is 0 Å². The topological polar surface area (TPSA) is 56.9 Å². The van der Waals surface area contributed by atoms with Crippen LogP contribution in [0.25, 0.3) is 77.5 Å². The molecule has 3 aromatic heterocycles. The smallest absolute Gasteiger partial charge is 0.206 e. The number of nitrogens with zero attached hydrogens (tertiary/aromatic N) is 3. The summed E-state index contributed by atoms with van der Waals surface area (Å²) in [6, 6.07) is 62.5. The molecule has 7 aromatic carbocycles. The SMILES string of the molecule is O=S(=O)(c1ccccc1)c1ccc(-c2cccc(-n3c4ccccc4c4cc(-c5ccc6c(c5)c5ccccc5n6-c5ccccc5)ccc43)n2)cc1. The highest BCUT2D eigenvalue weighted by Gasteiger charge is 2.19. The summed E-state index contributed by atoms with van der Waals surface area (Å²) in [5.41, 5.74) is 9.54. The summed E-state index contributed by atoms with van der Waals surface area (Å²) >= 11 is 0. The molecule has 0 atom stereocenters. The summed E-state index contributed by atoms with van der Waals surface area (Å²) in [5.74, 6) is 0.789. The molecule has 3 heterocycles. The maximum atomic E-state index is 13.2. The lowest BCUT2D eigenvalue weighted by Gasteiger charge is -2.10. The number of hydrogen-bond acceptors (Lipinski definition) is 3. The van der Waals surface area contributed by atoms with Crippen LogP contribution in [0, 0.1) is 0 Å². The number of fused-ring (bicyclic) bond motifs is 6. The van der Waals surface area contributed by atoms with Gasteiger partial charge in [0, 0.05) is 32.8 Å². The van der Waals surface area contributed by atoms with Crippen LogP contribution >= 0.6 is 0 Å². The molecule has 6 heteroatoms. The normalized spacial score (nSPS) is 11.9. The molecule has 0 radical (unpaired) electrons. The Kier molecular flexibility index (Phi) is 7.13. The van der Waals surface area contributed by atoms with Gasteiger partial charge in [-0.05, 0) is 96.1 Å². The molecular formula is C47H31N3O2S. The van der Waals surface area contributed by atoms with Gasteiger partial charge in [0.1, 0.15) is 5.82 Å². The minimum atomic E-state index is -3.61. The quantitative estimate of drug-likeness (QED) is 0.173. The Hall–Kier alpha value is -6.76. The second-order valence-electron chi connectivity index (χ2n) is 13.2. The highest BCUT2D eigenvalue weighted by Crippen LogP contribution is 2.38. The molecule has 10 aromatic rings. The Morgan fingerprint density at radius 3 is 1.51 bits per heavy atom. The molecule has 0 aliphatic rings. The molecule has 0 aliphatic heterocycles. The Balaban J connectivity index is 1.06. The lowest BCUT2D eigenvalue weighted by atomic mass is 10.0. The monoisotopic (exact) mass is 701 g/mol. The van der Waals surface area contributed by atoms with Crippen molar-refractivity contribution in [1.29, 1.82) is 0 Å². The van der Waals surface area contributed by atoms with E-state index < -0.39 is 9.84 Å². The van der Waals surface area contributed by atoms with Crippen molar-refractivity contribution < 1.29 is 8.42 Å². The van der Waals surface area contributed by atoms with E-state index >= 15 is 0 Å². The number of sulfone groups is 1. The van der Waals surface area contributed by atoms with E-state index in [4.69, 9.17) is 4.98 Å². The van der Waals surface area contributed by atoms with E-state index in [-0.39, 0.29) is 9.79 Å². The van der Waals surface area contributed by atoms with Crippen molar-refractivity contribution in [1.82, 2.24) is 14.1 Å². The summed E-state index contributed by atoms with van der Waals surface area (Å²) in [6.07, 6.45) is 0. The van der Waals surface area contributed by atoms with Crippen LogP contribution in [0.4, 0.5) is 0 Å². The third kappa shape index (κ3) is 5.06. The molecule has 0 fully saturated rings. The first kappa shape index (κ1) is 31.0. The maximum absolute atomic E-state index is 13.2. The van der Waals surface area contributed by atoms with Gasteiger partial charge in [0.15, 0.2) is 0 Å². The van der Waals surface area contributed by atoms with Gasteiger partial charge in [-0.3, -0.25) is 4.57 Å². The van der Waals surface area contributed by atoms with E-state index in [1.54, 1.807) is 36.4 Å². The van der Waals surface area contributed by atoms with Gasteiger partial charge in [0.25, 0.3) is 0 Å². The minimum absolute atomic E-state index is 0.253. The van der Waals surface area contributed by atoms with Crippen LogP contribution in [0.15, 0.2) is 198 Å². The second kappa shape index (κ2) is 12.2. The molecule has 0 aliphatic carbocycles. The average Bonchev–Trinajstić information content (AvgIpc) is 3.74. The molecule has 10 rings (SSSR count). The fraction of sp³-hybridized carbons (Fsp3) is 0. The van der Waals surface area contributed by atoms with Crippen molar-refractivity contribution in [2.45, 2.75) is 9.79 Å². The summed E-state index contributed by atoms with van der Waals surface area (Å²) < 4.78 is 31.0. The first-order valence-electron chi connectivity index (χ1n) is 17.5. The third-order valence-corrected chi connectivity index (χ3v) is 12.0. The van der Waals surface area contributed by atoms with Crippen molar-refractivity contribution in [3.8, 4) is 33.9 Å². The standard InChI is InChI=1S/C47H31N3O2S/c51-53(52,36-14-5-2-6-15-36)37-26-22-32(23-27-37)42-18-11-21-47(48-42)50-44-20-10-8-17-39(44)41-31-34(25-29-46(41)50)33-24-28-45-40(30-33)38-16-7-9-19-43(38)49(45)35-12-3-1-4-13-35/h1-31H. The predicted octanol–water partition coefficient (Wildman–Crippen LogP) is 11.4. The van der Waals surface area contributed by atoms with Crippen molar-refractivity contribution >= 4 is 53.4 Å². The molecule has 5 nitrogen and oxygen atoms in total. The van der Waals surface area contributed by atoms with Gasteiger partial charge >= 0.3 is 0 Å². The number of rotatable bonds is 6. The average molecular weight is 702 g/mol. The molecule has 0 saturated heterocycles. The fourth-order valence-corrected chi connectivity index (χ4v) is 8.94. The number of benzene rings is 7. The van der Waals surface area contributed by atoms with Crippen LogP contribution in [-0.4, -0.2) is 22.5 Å². The molecule has 0 N–H and O–H groups in total. The van der Waals surface area contributed by atoms with Gasteiger partial charge in [-0.15, -0.1) is 0 Å². The van der Waals surface area contributed by atoms with E-state index in [1.807, 2.05) is 36.4 Å². The molecule has 0 unspecified atom stereocenters. The predicted molar refractivity (Wildman–Crippen MR) is 216 cm³/mol. The van der Waals surface area contributed by atoms with Gasteiger partial charge in [-0.2, -0.15) is 0 Å². The van der Waals surface area contributed by atoms with Gasteiger partial charge < -0.3 is 4.57 Å². The molecule has 252 valence electrons. The van der Waals surface area contributed by atoms with E-state index in [2.05, 4.69) is 124 Å².